The molecule has 0 saturated heterocycles. The molecule has 2 atom stereocenters. The van der Waals surface area contributed by atoms with Crippen molar-refractivity contribution in [3.63, 3.8) is 0 Å². The lowest BCUT2D eigenvalue weighted by molar-refractivity contribution is -0.0768. The van der Waals surface area contributed by atoms with Gasteiger partial charge in [0.1, 0.15) is 0 Å². The molecule has 20 nitrogen and oxygen atoms in total. The number of hydrogen-bond donors (Lipinski definition) is 8. The first kappa shape index (κ1) is 55.6. The number of hydrogen-bond acceptors (Lipinski definition) is 12. The molecule has 0 radical (unpaired) electrons. The maximum Gasteiger partial charge on any atom is 0.331 e. The van der Waals surface area contributed by atoms with Crippen LogP contribution >= 0.6 is 15.2 Å². The van der Waals surface area contributed by atoms with Crippen molar-refractivity contribution < 1.29 is 27.2 Å². The molecule has 8 fully saturated rings. The molecule has 69 heavy (non-hydrogen) atoms. The Hall–Kier alpha value is -2.70. The lowest BCUT2D eigenvalue weighted by atomic mass is 9.50. The highest BCUT2D eigenvalue weighted by Crippen LogP contribution is 2.63. The average Bonchev–Trinajstić information content (AvgIpc) is 3.27. The van der Waals surface area contributed by atoms with Crippen LogP contribution in [-0.4, -0.2) is 138 Å². The van der Waals surface area contributed by atoms with Gasteiger partial charge in [0.05, 0.1) is 38.8 Å². The molecule has 8 bridgehead atoms. The zero-order chi connectivity index (χ0) is 49.3. The van der Waals surface area contributed by atoms with E-state index in [1.165, 1.54) is 38.5 Å². The molecule has 0 aromatic heterocycles. The molecule has 8 aliphatic carbocycles. The van der Waals surface area contributed by atoms with E-state index in [9.17, 15) is 9.13 Å². The third-order valence-corrected chi connectivity index (χ3v) is 19.6. The summed E-state index contributed by atoms with van der Waals surface area (Å²) in [5.74, 6) is 4.81. The highest BCUT2D eigenvalue weighted by atomic mass is 31.2. The lowest BCUT2D eigenvalue weighted by Gasteiger charge is -2.56. The smallest absolute Gasteiger partial charge is 0.331 e. The Morgan fingerprint density at radius 1 is 0.406 bits per heavy atom. The molecule has 8 saturated carbocycles. The van der Waals surface area contributed by atoms with Crippen LogP contribution in [0.5, 0.6) is 0 Å². The van der Waals surface area contributed by atoms with Crippen LogP contribution in [0.1, 0.15) is 122 Å². The normalized spacial score (nSPS) is 29.2. The zero-order valence-corrected chi connectivity index (χ0v) is 43.6. The first-order chi connectivity index (χ1) is 33.0. The van der Waals surface area contributed by atoms with Crippen LogP contribution in [0.3, 0.4) is 0 Å². The predicted octanol–water partition coefficient (Wildman–Crippen LogP) is 4.30. The van der Waals surface area contributed by atoms with E-state index in [4.69, 9.17) is 64.0 Å². The highest BCUT2D eigenvalue weighted by Gasteiger charge is 2.53. The molecule has 16 N–H and O–H groups in total. The number of rotatable bonds is 36. The second-order valence-electron chi connectivity index (χ2n) is 22.1. The molecule has 22 heteroatoms. The maximum absolute atomic E-state index is 14.8. The average molecular weight is 1010 g/mol. The van der Waals surface area contributed by atoms with Gasteiger partial charge in [-0.3, -0.25) is 29.1 Å². The second kappa shape index (κ2) is 26.8. The van der Waals surface area contributed by atoms with Crippen LogP contribution in [-0.2, 0) is 27.2 Å². The van der Waals surface area contributed by atoms with Gasteiger partial charge in [-0.2, -0.15) is 0 Å². The van der Waals surface area contributed by atoms with Gasteiger partial charge in [-0.1, -0.05) is 0 Å². The standard InChI is InChI=1S/C47H92N14O6P2/c48-42(49)56-8-4-12-60(13-5-9-57-43(50)51)16-20-68(62,66-34-46-28-36-22-37(29-46)24-38(23-36)30-46)64-18-2-1-3-19-65-69(63,67-35-47-31-39-25-40(32-47)27-41(26-39)33-47)21-17-61(14-6-10-58-44(52)53)15-7-11-59-45(54)55/h36-41H,1-35H2,(H4,48,49,56)(H4,50,51,57)(H4,52,53,58)(H4,54,55,59). The number of aliphatic imine (C=N–C) groups is 4. The summed E-state index contributed by atoms with van der Waals surface area (Å²) in [6.45, 7) is 7.44. The van der Waals surface area contributed by atoms with Gasteiger partial charge < -0.3 is 73.8 Å². The Morgan fingerprint density at radius 3 is 0.942 bits per heavy atom. The third-order valence-electron chi connectivity index (χ3n) is 15.9. The summed E-state index contributed by atoms with van der Waals surface area (Å²) in [6, 6.07) is 0. The Balaban J connectivity index is 1.04. The molecule has 8 rings (SSSR count). The van der Waals surface area contributed by atoms with E-state index in [1.807, 2.05) is 0 Å². The van der Waals surface area contributed by atoms with Crippen LogP contribution in [0.4, 0.5) is 0 Å². The lowest BCUT2D eigenvalue weighted by Crippen LogP contribution is -2.48. The van der Waals surface area contributed by atoms with E-state index >= 15 is 0 Å². The van der Waals surface area contributed by atoms with Gasteiger partial charge in [0.2, 0.25) is 0 Å². The Kier molecular flexibility index (Phi) is 21.6. The topological polar surface area (TPSA) is 335 Å². The van der Waals surface area contributed by atoms with Crippen LogP contribution in [0.15, 0.2) is 20.0 Å². The van der Waals surface area contributed by atoms with Gasteiger partial charge in [0.25, 0.3) is 0 Å². The van der Waals surface area contributed by atoms with Gasteiger partial charge in [-0.25, -0.2) is 0 Å². The highest BCUT2D eigenvalue weighted by molar-refractivity contribution is 7.54. The van der Waals surface area contributed by atoms with Crippen molar-refractivity contribution >= 4 is 39.0 Å². The van der Waals surface area contributed by atoms with Crippen molar-refractivity contribution in [2.75, 3.05) is 104 Å². The molecule has 0 aromatic carbocycles. The van der Waals surface area contributed by atoms with Crippen molar-refractivity contribution in [1.82, 2.24) is 9.80 Å². The number of nitrogens with two attached hydrogens (primary N) is 8. The van der Waals surface area contributed by atoms with Gasteiger partial charge in [0, 0.05) is 39.3 Å². The van der Waals surface area contributed by atoms with E-state index in [0.29, 0.717) is 105 Å². The first-order valence-corrected chi connectivity index (χ1v) is 29.9. The van der Waals surface area contributed by atoms with Crippen LogP contribution in [0, 0.1) is 46.3 Å². The zero-order valence-electron chi connectivity index (χ0n) is 41.9. The summed E-state index contributed by atoms with van der Waals surface area (Å²) >= 11 is 0. The van der Waals surface area contributed by atoms with E-state index in [2.05, 4.69) is 29.8 Å². The summed E-state index contributed by atoms with van der Waals surface area (Å²) < 4.78 is 55.5. The van der Waals surface area contributed by atoms with Gasteiger partial charge >= 0.3 is 15.2 Å². The molecular weight excluding hydrogens is 919 g/mol. The van der Waals surface area contributed by atoms with E-state index < -0.39 is 15.2 Å². The monoisotopic (exact) mass is 1010 g/mol. The van der Waals surface area contributed by atoms with Crippen molar-refractivity contribution in [2.24, 2.45) is 112 Å². The molecule has 0 aromatic rings. The minimum atomic E-state index is -3.49. The molecule has 8 aliphatic rings. The minimum Gasteiger partial charge on any atom is -0.370 e. The molecule has 0 aliphatic heterocycles. The van der Waals surface area contributed by atoms with Crippen LogP contribution in [0.25, 0.3) is 0 Å². The summed E-state index contributed by atoms with van der Waals surface area (Å²) in [5, 5.41) is 0. The summed E-state index contributed by atoms with van der Waals surface area (Å²) in [6.07, 6.45) is 20.5. The number of guanidine groups is 4. The summed E-state index contributed by atoms with van der Waals surface area (Å²) in [4.78, 5) is 21.1. The SMILES string of the molecule is NC(N)=NCCCN(CCCN=C(N)N)CCP(=O)(OCCCCCOP(=O)(CCN(CCCN=C(N)N)CCCN=C(N)N)OCC12CC3CC(CC(C3)C1)C2)OCC12CC3CC(CC(C3)C1)C2. The Labute approximate surface area is 413 Å². The summed E-state index contributed by atoms with van der Waals surface area (Å²) in [7, 11) is -6.97. The molecular formula is C47H92N14O6P2. The van der Waals surface area contributed by atoms with Gasteiger partial charge in [0.15, 0.2) is 23.8 Å². The van der Waals surface area contributed by atoms with Crippen molar-refractivity contribution in [3.8, 4) is 0 Å². The Bertz CT molecular complexity index is 1560. The molecule has 0 heterocycles. The van der Waals surface area contributed by atoms with Crippen molar-refractivity contribution in [3.05, 3.63) is 0 Å². The minimum absolute atomic E-state index is 0.0648. The fraction of sp³-hybridized carbons (Fsp3) is 0.915. The first-order valence-electron chi connectivity index (χ1n) is 26.4. The summed E-state index contributed by atoms with van der Waals surface area (Å²) in [5.41, 5.74) is 44.9. The van der Waals surface area contributed by atoms with Crippen molar-refractivity contribution in [1.29, 1.82) is 0 Å². The largest absolute Gasteiger partial charge is 0.370 e. The molecule has 396 valence electrons. The molecule has 0 spiro atoms. The number of unbranched alkanes of at least 4 members (excludes halogenated alkanes) is 2. The van der Waals surface area contributed by atoms with E-state index in [-0.39, 0.29) is 47.0 Å². The fourth-order valence-corrected chi connectivity index (χ4v) is 17.2. The van der Waals surface area contributed by atoms with E-state index in [0.717, 1.165) is 106 Å². The third kappa shape index (κ3) is 19.0. The Morgan fingerprint density at radius 2 is 0.681 bits per heavy atom. The van der Waals surface area contributed by atoms with Crippen LogP contribution < -0.4 is 45.9 Å². The van der Waals surface area contributed by atoms with Gasteiger partial charge in [-0.05, 0) is 195 Å². The van der Waals surface area contributed by atoms with Crippen LogP contribution in [0.2, 0.25) is 0 Å². The molecule has 0 amide bonds. The quantitative estimate of drug-likeness (QED) is 0.0188. The van der Waals surface area contributed by atoms with Crippen molar-refractivity contribution in [2.45, 2.75) is 122 Å². The maximum atomic E-state index is 14.8. The fourth-order valence-electron chi connectivity index (χ4n) is 13.7. The number of nitrogens with zero attached hydrogens (tertiary/aromatic N) is 6. The second-order valence-corrected chi connectivity index (χ2v) is 26.5. The predicted molar refractivity (Wildman–Crippen MR) is 278 cm³/mol. The van der Waals surface area contributed by atoms with E-state index in [1.54, 1.807) is 0 Å². The molecule has 2 unspecified atom stereocenters. The van der Waals surface area contributed by atoms with Gasteiger partial charge in [-0.15, -0.1) is 0 Å².